The average molecular weight is 472 g/mol. The Morgan fingerprint density at radius 1 is 1.15 bits per heavy atom. The molecule has 5 rings (SSSR count). The van der Waals surface area contributed by atoms with Crippen LogP contribution in [0.15, 0.2) is 72.6 Å². The number of anilines is 1. The summed E-state index contributed by atoms with van der Waals surface area (Å²) in [5.74, 6) is -1.12. The lowest BCUT2D eigenvalue weighted by Crippen LogP contribution is -2.29. The minimum atomic E-state index is -0.859. The number of amides is 1. The monoisotopic (exact) mass is 471 g/mol. The Morgan fingerprint density at radius 3 is 2.65 bits per heavy atom. The molecule has 1 aliphatic rings. The van der Waals surface area contributed by atoms with Gasteiger partial charge in [-0.25, -0.2) is 4.98 Å². The fourth-order valence-corrected chi connectivity index (χ4v) is 5.13. The van der Waals surface area contributed by atoms with Crippen molar-refractivity contribution in [3.63, 3.8) is 0 Å². The summed E-state index contributed by atoms with van der Waals surface area (Å²) < 4.78 is 6.38. The third-order valence-corrected chi connectivity index (χ3v) is 6.64. The second-order valence-electron chi connectivity index (χ2n) is 7.88. The highest BCUT2D eigenvalue weighted by Crippen LogP contribution is 2.44. The normalized spacial score (nSPS) is 17.5. The molecule has 0 saturated carbocycles. The Bertz CT molecular complexity index is 1430. The van der Waals surface area contributed by atoms with Gasteiger partial charge in [0.05, 0.1) is 28.4 Å². The molecule has 170 valence electrons. The smallest absolute Gasteiger partial charge is 0.301 e. The molecule has 0 aliphatic carbocycles. The highest BCUT2D eigenvalue weighted by molar-refractivity contribution is 7.22. The first-order valence-corrected chi connectivity index (χ1v) is 11.6. The molecule has 34 heavy (non-hydrogen) atoms. The molecule has 0 bridgehead atoms. The zero-order chi connectivity index (χ0) is 23.8. The van der Waals surface area contributed by atoms with Gasteiger partial charge in [-0.15, -0.1) is 0 Å². The van der Waals surface area contributed by atoms with Gasteiger partial charge in [0, 0.05) is 18.0 Å². The van der Waals surface area contributed by atoms with Crippen LogP contribution in [0.1, 0.15) is 29.7 Å². The van der Waals surface area contributed by atoms with Gasteiger partial charge in [-0.1, -0.05) is 23.5 Å². The number of carbonyl (C=O) groups is 2. The summed E-state index contributed by atoms with van der Waals surface area (Å²) in [6.45, 7) is 4.38. The second kappa shape index (κ2) is 8.72. The van der Waals surface area contributed by atoms with E-state index < -0.39 is 17.7 Å². The first kappa shape index (κ1) is 21.8. The number of Topliss-reactive ketones (excluding diaryl/α,β-unsaturated/α-hetero) is 1. The van der Waals surface area contributed by atoms with Crippen molar-refractivity contribution >= 4 is 44.1 Å². The van der Waals surface area contributed by atoms with Crippen LogP contribution in [0.4, 0.5) is 5.13 Å². The van der Waals surface area contributed by atoms with E-state index in [2.05, 4.69) is 9.97 Å². The molecule has 1 unspecified atom stereocenters. The quantitative estimate of drug-likeness (QED) is 0.249. The van der Waals surface area contributed by atoms with Crippen LogP contribution in [0, 0.1) is 6.92 Å². The minimum Gasteiger partial charge on any atom is -0.507 e. The zero-order valence-corrected chi connectivity index (χ0v) is 19.4. The summed E-state index contributed by atoms with van der Waals surface area (Å²) in [5, 5.41) is 11.6. The van der Waals surface area contributed by atoms with Crippen LogP contribution in [-0.4, -0.2) is 33.4 Å². The molecule has 7 nitrogen and oxygen atoms in total. The Hall–Kier alpha value is -4.04. The first-order valence-electron chi connectivity index (χ1n) is 10.8. The number of pyridine rings is 1. The Balaban J connectivity index is 1.67. The SMILES string of the molecule is CCOc1ccc(/C(O)=C2\C(=O)C(=O)N(c3nc4ccc(C)cc4s3)C2c2cccnc2)cc1. The molecule has 2 aromatic carbocycles. The van der Waals surface area contributed by atoms with Crippen LogP contribution < -0.4 is 9.64 Å². The molecule has 8 heteroatoms. The maximum atomic E-state index is 13.3. The van der Waals surface area contributed by atoms with Crippen molar-refractivity contribution < 1.29 is 19.4 Å². The van der Waals surface area contributed by atoms with E-state index in [1.807, 2.05) is 32.0 Å². The van der Waals surface area contributed by atoms with Crippen LogP contribution in [0.3, 0.4) is 0 Å². The minimum absolute atomic E-state index is 0.00223. The Morgan fingerprint density at radius 2 is 1.94 bits per heavy atom. The highest BCUT2D eigenvalue weighted by atomic mass is 32.1. The van der Waals surface area contributed by atoms with Crippen molar-refractivity contribution in [2.45, 2.75) is 19.9 Å². The predicted octanol–water partition coefficient (Wildman–Crippen LogP) is 5.02. The largest absolute Gasteiger partial charge is 0.507 e. The van der Waals surface area contributed by atoms with Crippen molar-refractivity contribution in [1.82, 2.24) is 9.97 Å². The molecule has 1 aliphatic heterocycles. The molecule has 0 spiro atoms. The van der Waals surface area contributed by atoms with Crippen molar-refractivity contribution in [3.8, 4) is 5.75 Å². The van der Waals surface area contributed by atoms with E-state index in [4.69, 9.17) is 4.74 Å². The molecule has 4 aromatic rings. The molecule has 1 atom stereocenters. The Kier molecular flexibility index (Phi) is 5.59. The number of carbonyl (C=O) groups excluding carboxylic acids is 2. The van der Waals surface area contributed by atoms with Gasteiger partial charge in [0.2, 0.25) is 0 Å². The average Bonchev–Trinajstić information content (AvgIpc) is 3.37. The van der Waals surface area contributed by atoms with Crippen LogP contribution in [0.25, 0.3) is 16.0 Å². The lowest BCUT2D eigenvalue weighted by Gasteiger charge is -2.22. The summed E-state index contributed by atoms with van der Waals surface area (Å²) in [6, 6.07) is 15.2. The Labute approximate surface area is 200 Å². The van der Waals surface area contributed by atoms with Crippen LogP contribution in [0.2, 0.25) is 0 Å². The van der Waals surface area contributed by atoms with Gasteiger partial charge in [0.25, 0.3) is 5.78 Å². The number of ketones is 1. The molecule has 1 fully saturated rings. The number of rotatable bonds is 5. The molecule has 3 heterocycles. The van der Waals surface area contributed by atoms with Gasteiger partial charge in [0.1, 0.15) is 11.5 Å². The van der Waals surface area contributed by atoms with E-state index in [1.165, 1.54) is 16.2 Å². The standard InChI is InChI=1S/C26H21N3O4S/c1-3-33-18-9-7-16(8-10-18)23(30)21-22(17-5-4-12-27-14-17)29(25(32)24(21)31)26-28-19-11-6-15(2)13-20(19)34-26/h4-14,22,30H,3H2,1-2H3/b23-21+. The summed E-state index contributed by atoms with van der Waals surface area (Å²) in [4.78, 5) is 36.7. The molecule has 1 saturated heterocycles. The van der Waals surface area contributed by atoms with Crippen molar-refractivity contribution in [3.05, 3.63) is 89.3 Å². The van der Waals surface area contributed by atoms with Gasteiger partial charge in [-0.05, 0) is 67.4 Å². The highest BCUT2D eigenvalue weighted by Gasteiger charge is 2.48. The van der Waals surface area contributed by atoms with Crippen LogP contribution in [0.5, 0.6) is 5.75 Å². The number of fused-ring (bicyclic) bond motifs is 1. The zero-order valence-electron chi connectivity index (χ0n) is 18.6. The summed E-state index contributed by atoms with van der Waals surface area (Å²) in [5.41, 5.74) is 2.82. The summed E-state index contributed by atoms with van der Waals surface area (Å²) >= 11 is 1.33. The molecular weight excluding hydrogens is 450 g/mol. The predicted molar refractivity (Wildman–Crippen MR) is 131 cm³/mol. The van der Waals surface area contributed by atoms with Gasteiger partial charge in [-0.3, -0.25) is 19.5 Å². The second-order valence-corrected chi connectivity index (χ2v) is 8.89. The fraction of sp³-hybridized carbons (Fsp3) is 0.154. The van der Waals surface area contributed by atoms with E-state index in [0.29, 0.717) is 28.6 Å². The van der Waals surface area contributed by atoms with Crippen molar-refractivity contribution in [2.24, 2.45) is 0 Å². The maximum absolute atomic E-state index is 13.3. The van der Waals surface area contributed by atoms with E-state index in [0.717, 1.165) is 15.8 Å². The van der Waals surface area contributed by atoms with Crippen molar-refractivity contribution in [1.29, 1.82) is 0 Å². The molecule has 1 N–H and O–H groups in total. The molecule has 1 amide bonds. The van der Waals surface area contributed by atoms with Crippen LogP contribution >= 0.6 is 11.3 Å². The van der Waals surface area contributed by atoms with Crippen LogP contribution in [-0.2, 0) is 9.59 Å². The van der Waals surface area contributed by atoms with Gasteiger partial charge in [0.15, 0.2) is 5.13 Å². The van der Waals surface area contributed by atoms with Gasteiger partial charge < -0.3 is 9.84 Å². The number of benzene rings is 2. The number of aliphatic hydroxyl groups excluding tert-OH is 1. The van der Waals surface area contributed by atoms with Gasteiger partial charge in [-0.2, -0.15) is 0 Å². The number of hydrogen-bond donors (Lipinski definition) is 1. The number of aryl methyl sites for hydroxylation is 1. The summed E-state index contributed by atoms with van der Waals surface area (Å²) in [6.07, 6.45) is 3.20. The number of nitrogens with zero attached hydrogens (tertiary/aromatic N) is 3. The number of aromatic nitrogens is 2. The third kappa shape index (κ3) is 3.72. The molecule has 0 radical (unpaired) electrons. The molecular formula is C26H21N3O4S. The molecule has 2 aromatic heterocycles. The third-order valence-electron chi connectivity index (χ3n) is 5.62. The number of ether oxygens (including phenoxy) is 1. The lowest BCUT2D eigenvalue weighted by molar-refractivity contribution is -0.132. The van der Waals surface area contributed by atoms with E-state index in [-0.39, 0.29) is 11.3 Å². The number of thiazole rings is 1. The van der Waals surface area contributed by atoms with E-state index in [9.17, 15) is 14.7 Å². The topological polar surface area (TPSA) is 92.6 Å². The van der Waals surface area contributed by atoms with Crippen molar-refractivity contribution in [2.75, 3.05) is 11.5 Å². The lowest BCUT2D eigenvalue weighted by atomic mass is 9.96. The number of aliphatic hydroxyl groups is 1. The summed E-state index contributed by atoms with van der Waals surface area (Å²) in [7, 11) is 0. The van der Waals surface area contributed by atoms with E-state index in [1.54, 1.807) is 48.8 Å². The van der Waals surface area contributed by atoms with E-state index >= 15 is 0 Å². The first-order chi connectivity index (χ1) is 16.5. The number of hydrogen-bond acceptors (Lipinski definition) is 7. The van der Waals surface area contributed by atoms with Gasteiger partial charge >= 0.3 is 5.91 Å². The maximum Gasteiger partial charge on any atom is 0.301 e. The fourth-order valence-electron chi connectivity index (χ4n) is 4.04.